The van der Waals surface area contributed by atoms with E-state index in [1.54, 1.807) is 31.2 Å². The normalized spacial score (nSPS) is 12.2. The summed E-state index contributed by atoms with van der Waals surface area (Å²) in [6, 6.07) is 7.03. The lowest BCUT2D eigenvalue weighted by atomic mass is 10.2. The van der Waals surface area contributed by atoms with Gasteiger partial charge in [-0.2, -0.15) is 0 Å². The number of carbonyl (C=O) groups is 2. The van der Waals surface area contributed by atoms with Gasteiger partial charge in [0.25, 0.3) is 5.56 Å². The van der Waals surface area contributed by atoms with E-state index in [2.05, 4.69) is 5.32 Å². The lowest BCUT2D eigenvalue weighted by Gasteiger charge is -2.05. The number of hydrogen-bond donors (Lipinski definition) is 1. The molecule has 0 radical (unpaired) electrons. The Balaban J connectivity index is 2.46. The van der Waals surface area contributed by atoms with Crippen molar-refractivity contribution in [3.63, 3.8) is 0 Å². The standard InChI is InChI=1S/C19H21ClN2O5S/c1-3-27-18(24)11-17-22(12-16(23)21-7-8-26-2)19(25)15(28-17)10-13-5-4-6-14(20)9-13/h4-6,9-11H,3,7-8,12H2,1-2H3,(H,21,23)/b15-10+,17-11-. The zero-order chi connectivity index (χ0) is 20.5. The summed E-state index contributed by atoms with van der Waals surface area (Å²) in [6.45, 7) is 2.37. The summed E-state index contributed by atoms with van der Waals surface area (Å²) >= 11 is 7.09. The van der Waals surface area contributed by atoms with Gasteiger partial charge in [0, 0.05) is 18.7 Å². The second-order valence-electron chi connectivity index (χ2n) is 5.63. The molecule has 150 valence electrons. The highest BCUT2D eigenvalue weighted by atomic mass is 35.5. The molecule has 2 rings (SSSR count). The molecule has 2 aromatic rings. The number of benzene rings is 1. The number of nitrogens with one attached hydrogen (secondary N) is 1. The Bertz CT molecular complexity index is 1010. The van der Waals surface area contributed by atoms with E-state index in [0.717, 1.165) is 16.9 Å². The minimum absolute atomic E-state index is 0.212. The van der Waals surface area contributed by atoms with E-state index >= 15 is 0 Å². The number of rotatable bonds is 8. The number of hydrogen-bond acceptors (Lipinski definition) is 6. The third-order valence-electron chi connectivity index (χ3n) is 3.54. The van der Waals surface area contributed by atoms with Crippen LogP contribution < -0.4 is 20.1 Å². The van der Waals surface area contributed by atoms with Crippen LogP contribution in [-0.2, 0) is 25.6 Å². The molecule has 0 aliphatic carbocycles. The highest BCUT2D eigenvalue weighted by Gasteiger charge is 2.11. The second-order valence-corrected chi connectivity index (χ2v) is 7.13. The summed E-state index contributed by atoms with van der Waals surface area (Å²) in [5.74, 6) is -0.934. The molecule has 0 fully saturated rings. The molecule has 0 saturated heterocycles. The average molecular weight is 425 g/mol. The lowest BCUT2D eigenvalue weighted by molar-refractivity contribution is -0.135. The van der Waals surface area contributed by atoms with Crippen molar-refractivity contribution in [1.29, 1.82) is 0 Å². The van der Waals surface area contributed by atoms with Gasteiger partial charge in [-0.3, -0.25) is 14.2 Å². The Hall–Kier alpha value is -2.42. The predicted molar refractivity (Wildman–Crippen MR) is 109 cm³/mol. The van der Waals surface area contributed by atoms with Crippen molar-refractivity contribution in [3.8, 4) is 0 Å². The van der Waals surface area contributed by atoms with E-state index in [1.807, 2.05) is 6.07 Å². The zero-order valence-electron chi connectivity index (χ0n) is 15.6. The molecule has 7 nitrogen and oxygen atoms in total. The fourth-order valence-corrected chi connectivity index (χ4v) is 3.55. The monoisotopic (exact) mass is 424 g/mol. The van der Waals surface area contributed by atoms with Gasteiger partial charge in [0.2, 0.25) is 5.91 Å². The van der Waals surface area contributed by atoms with Gasteiger partial charge in [-0.1, -0.05) is 23.7 Å². The summed E-state index contributed by atoms with van der Waals surface area (Å²) < 4.78 is 11.8. The number of amides is 1. The molecule has 1 heterocycles. The number of halogens is 1. The fraction of sp³-hybridized carbons (Fsp3) is 0.316. The van der Waals surface area contributed by atoms with Crippen LogP contribution in [0.15, 0.2) is 29.1 Å². The Morgan fingerprint density at radius 1 is 1.36 bits per heavy atom. The summed E-state index contributed by atoms with van der Waals surface area (Å²) in [6.07, 6.45) is 2.88. The van der Waals surface area contributed by atoms with E-state index in [-0.39, 0.29) is 24.6 Å². The average Bonchev–Trinajstić information content (AvgIpc) is 2.91. The maximum absolute atomic E-state index is 12.8. The topological polar surface area (TPSA) is 86.6 Å². The Kier molecular flexibility index (Phi) is 8.43. The molecule has 28 heavy (non-hydrogen) atoms. The third-order valence-corrected chi connectivity index (χ3v) is 4.84. The van der Waals surface area contributed by atoms with Crippen molar-refractivity contribution in [1.82, 2.24) is 9.88 Å². The van der Waals surface area contributed by atoms with Crippen LogP contribution in [0.2, 0.25) is 5.02 Å². The van der Waals surface area contributed by atoms with Crippen LogP contribution in [0, 0.1) is 0 Å². The maximum atomic E-state index is 12.8. The highest BCUT2D eigenvalue weighted by Crippen LogP contribution is 2.10. The molecule has 0 spiro atoms. The smallest absolute Gasteiger partial charge is 0.333 e. The van der Waals surface area contributed by atoms with E-state index < -0.39 is 5.97 Å². The van der Waals surface area contributed by atoms with Crippen molar-refractivity contribution in [3.05, 3.63) is 54.4 Å². The molecule has 1 N–H and O–H groups in total. The first-order valence-electron chi connectivity index (χ1n) is 8.55. The van der Waals surface area contributed by atoms with Crippen LogP contribution in [0.1, 0.15) is 12.5 Å². The Morgan fingerprint density at radius 3 is 2.82 bits per heavy atom. The molecule has 0 atom stereocenters. The molecule has 1 aromatic heterocycles. The number of thiazole rings is 1. The van der Waals surface area contributed by atoms with Crippen molar-refractivity contribution in [2.24, 2.45) is 0 Å². The molecule has 0 bridgehead atoms. The second kappa shape index (κ2) is 10.8. The van der Waals surface area contributed by atoms with Crippen molar-refractivity contribution >= 4 is 47.0 Å². The minimum Gasteiger partial charge on any atom is -0.463 e. The largest absolute Gasteiger partial charge is 0.463 e. The van der Waals surface area contributed by atoms with Crippen LogP contribution >= 0.6 is 22.9 Å². The molecule has 0 unspecified atom stereocenters. The van der Waals surface area contributed by atoms with Crippen LogP contribution in [0.3, 0.4) is 0 Å². The van der Waals surface area contributed by atoms with Crippen LogP contribution in [-0.4, -0.2) is 43.3 Å². The first kappa shape index (κ1) is 21.9. The summed E-state index contributed by atoms with van der Waals surface area (Å²) in [7, 11) is 1.53. The van der Waals surface area contributed by atoms with Gasteiger partial charge in [0.1, 0.15) is 11.2 Å². The number of methoxy groups -OCH3 is 1. The van der Waals surface area contributed by atoms with Gasteiger partial charge >= 0.3 is 5.97 Å². The summed E-state index contributed by atoms with van der Waals surface area (Å²) in [4.78, 5) is 36.8. The molecule has 0 aliphatic heterocycles. The molecular formula is C19H21ClN2O5S. The predicted octanol–water partition coefficient (Wildman–Crippen LogP) is 0.498. The number of esters is 1. The SMILES string of the molecule is CCOC(=O)/C=c1\s/c(=C/c2cccc(Cl)c2)c(=O)n1CC(=O)NCCOC. The highest BCUT2D eigenvalue weighted by molar-refractivity contribution is 7.07. The minimum atomic E-state index is -0.577. The zero-order valence-corrected chi connectivity index (χ0v) is 17.1. The van der Waals surface area contributed by atoms with E-state index in [0.29, 0.717) is 27.4 Å². The number of nitrogens with zero attached hydrogens (tertiary/aromatic N) is 1. The number of aromatic nitrogens is 1. The number of carbonyl (C=O) groups excluding carboxylic acids is 2. The molecule has 9 heteroatoms. The van der Waals surface area contributed by atoms with Gasteiger partial charge in [0.15, 0.2) is 0 Å². The van der Waals surface area contributed by atoms with E-state index in [1.165, 1.54) is 17.8 Å². The van der Waals surface area contributed by atoms with E-state index in [9.17, 15) is 14.4 Å². The van der Waals surface area contributed by atoms with Crippen LogP contribution in [0.25, 0.3) is 12.2 Å². The Morgan fingerprint density at radius 2 is 2.14 bits per heavy atom. The number of ether oxygens (including phenoxy) is 2. The maximum Gasteiger partial charge on any atom is 0.333 e. The molecule has 0 aliphatic rings. The lowest BCUT2D eigenvalue weighted by Crippen LogP contribution is -2.39. The van der Waals surface area contributed by atoms with Gasteiger partial charge in [0.05, 0.1) is 23.8 Å². The van der Waals surface area contributed by atoms with Crippen molar-refractivity contribution < 1.29 is 19.1 Å². The third kappa shape index (κ3) is 6.33. The molecule has 0 saturated carbocycles. The molecule has 1 amide bonds. The Labute approximate surface area is 170 Å². The quantitative estimate of drug-likeness (QED) is 0.492. The molecule has 1 aromatic carbocycles. The molecular weight excluding hydrogens is 404 g/mol. The van der Waals surface area contributed by atoms with Crippen molar-refractivity contribution in [2.75, 3.05) is 26.9 Å². The van der Waals surface area contributed by atoms with Crippen LogP contribution in [0.5, 0.6) is 0 Å². The first-order valence-corrected chi connectivity index (χ1v) is 9.75. The van der Waals surface area contributed by atoms with Gasteiger partial charge in [-0.15, -0.1) is 11.3 Å². The van der Waals surface area contributed by atoms with Crippen LogP contribution in [0.4, 0.5) is 0 Å². The van der Waals surface area contributed by atoms with Gasteiger partial charge < -0.3 is 14.8 Å². The fourth-order valence-electron chi connectivity index (χ4n) is 2.32. The first-order chi connectivity index (χ1) is 13.4. The summed E-state index contributed by atoms with van der Waals surface area (Å²) in [5.41, 5.74) is 0.368. The van der Waals surface area contributed by atoms with Gasteiger partial charge in [-0.05, 0) is 30.7 Å². The summed E-state index contributed by atoms with van der Waals surface area (Å²) in [5, 5.41) is 3.20. The van der Waals surface area contributed by atoms with E-state index in [4.69, 9.17) is 21.1 Å². The van der Waals surface area contributed by atoms with Crippen molar-refractivity contribution in [2.45, 2.75) is 13.5 Å². The van der Waals surface area contributed by atoms with Gasteiger partial charge in [-0.25, -0.2) is 4.79 Å².